The number of carbonyl (C=O) groups excluding carboxylic acids is 2. The number of carbonyl (C=O) groups is 2. The van der Waals surface area contributed by atoms with Crippen molar-refractivity contribution in [3.05, 3.63) is 65.5 Å². The Morgan fingerprint density at radius 2 is 1.96 bits per heavy atom. The van der Waals surface area contributed by atoms with E-state index in [9.17, 15) is 9.59 Å². The van der Waals surface area contributed by atoms with Gasteiger partial charge in [-0.2, -0.15) is 0 Å². The van der Waals surface area contributed by atoms with Crippen molar-refractivity contribution in [2.45, 2.75) is 19.4 Å². The maximum atomic E-state index is 12.4. The average Bonchev–Trinajstić information content (AvgIpc) is 2.98. The van der Waals surface area contributed by atoms with Gasteiger partial charge in [0.2, 0.25) is 5.91 Å². The lowest BCUT2D eigenvalue weighted by atomic mass is 10.1. The van der Waals surface area contributed by atoms with Crippen LogP contribution in [-0.2, 0) is 11.2 Å². The van der Waals surface area contributed by atoms with Crippen LogP contribution in [0.5, 0.6) is 0 Å². The zero-order valence-corrected chi connectivity index (χ0v) is 13.2. The quantitative estimate of drug-likeness (QED) is 0.750. The predicted octanol–water partition coefficient (Wildman–Crippen LogP) is 1.96. The van der Waals surface area contributed by atoms with Gasteiger partial charge in [-0.3, -0.25) is 9.59 Å². The van der Waals surface area contributed by atoms with E-state index in [1.807, 2.05) is 37.3 Å². The van der Waals surface area contributed by atoms with Gasteiger partial charge < -0.3 is 15.5 Å². The van der Waals surface area contributed by atoms with Crippen molar-refractivity contribution in [2.24, 2.45) is 5.73 Å². The van der Waals surface area contributed by atoms with Crippen molar-refractivity contribution in [3.63, 3.8) is 0 Å². The molecule has 6 nitrogen and oxygen atoms in total. The maximum Gasteiger partial charge on any atom is 0.287 e. The topological polar surface area (TPSA) is 98.2 Å². The molecular formula is C18H17N3O3. The van der Waals surface area contributed by atoms with Gasteiger partial charge in [0.15, 0.2) is 11.3 Å². The fourth-order valence-corrected chi connectivity index (χ4v) is 2.44. The Kier molecular flexibility index (Phi) is 4.29. The monoisotopic (exact) mass is 323 g/mol. The molecule has 0 spiro atoms. The van der Waals surface area contributed by atoms with E-state index in [-0.39, 0.29) is 5.76 Å². The van der Waals surface area contributed by atoms with Gasteiger partial charge in [0.25, 0.3) is 5.91 Å². The van der Waals surface area contributed by atoms with Gasteiger partial charge in [0, 0.05) is 18.2 Å². The van der Waals surface area contributed by atoms with E-state index >= 15 is 0 Å². The third-order valence-corrected chi connectivity index (χ3v) is 3.67. The van der Waals surface area contributed by atoms with Crippen LogP contribution in [0, 0.1) is 6.92 Å². The molecule has 0 aliphatic rings. The molecule has 1 atom stereocenters. The van der Waals surface area contributed by atoms with Crippen LogP contribution in [0.3, 0.4) is 0 Å². The Bertz CT molecular complexity index is 887. The number of nitrogens with zero attached hydrogens (tertiary/aromatic N) is 1. The van der Waals surface area contributed by atoms with Crippen molar-refractivity contribution < 1.29 is 14.0 Å². The Balaban J connectivity index is 1.78. The minimum absolute atomic E-state index is 0.0995. The molecule has 0 saturated carbocycles. The summed E-state index contributed by atoms with van der Waals surface area (Å²) in [5, 5.41) is 2.62. The van der Waals surface area contributed by atoms with Gasteiger partial charge >= 0.3 is 0 Å². The standard InChI is InChI=1S/C18H17N3O3/c1-11-7-8-15-13(20-11)10-16(24-15)18(23)21-14(17(19)22)9-12-5-3-2-4-6-12/h2-8,10,14H,9H2,1H3,(H2,19,22)(H,21,23). The van der Waals surface area contributed by atoms with Gasteiger partial charge in [-0.25, -0.2) is 4.98 Å². The number of fused-ring (bicyclic) bond motifs is 1. The highest BCUT2D eigenvalue weighted by atomic mass is 16.3. The van der Waals surface area contributed by atoms with E-state index in [2.05, 4.69) is 10.3 Å². The molecule has 0 fully saturated rings. The van der Waals surface area contributed by atoms with Crippen molar-refractivity contribution in [3.8, 4) is 0 Å². The summed E-state index contributed by atoms with van der Waals surface area (Å²) in [4.78, 5) is 28.3. The third-order valence-electron chi connectivity index (χ3n) is 3.67. The molecule has 1 aromatic carbocycles. The fourth-order valence-electron chi connectivity index (χ4n) is 2.44. The summed E-state index contributed by atoms with van der Waals surface area (Å²) in [6, 6.07) is 13.6. The SMILES string of the molecule is Cc1ccc2oc(C(=O)NC(Cc3ccccc3)C(N)=O)cc2n1. The highest BCUT2D eigenvalue weighted by Gasteiger charge is 2.21. The molecule has 24 heavy (non-hydrogen) atoms. The number of hydrogen-bond acceptors (Lipinski definition) is 4. The lowest BCUT2D eigenvalue weighted by Gasteiger charge is -2.14. The molecule has 1 unspecified atom stereocenters. The first-order chi connectivity index (χ1) is 11.5. The van der Waals surface area contributed by atoms with E-state index in [4.69, 9.17) is 10.2 Å². The molecule has 0 radical (unpaired) electrons. The second kappa shape index (κ2) is 6.54. The molecule has 3 N–H and O–H groups in total. The van der Waals surface area contributed by atoms with Crippen molar-refractivity contribution in [1.29, 1.82) is 0 Å². The lowest BCUT2D eigenvalue weighted by molar-refractivity contribution is -0.119. The first-order valence-electron chi connectivity index (χ1n) is 7.54. The Morgan fingerprint density at radius 1 is 1.21 bits per heavy atom. The average molecular weight is 323 g/mol. The summed E-state index contributed by atoms with van der Waals surface area (Å²) in [5.41, 5.74) is 8.26. The first kappa shape index (κ1) is 15.7. The molecular weight excluding hydrogens is 306 g/mol. The molecule has 2 amide bonds. The van der Waals surface area contributed by atoms with Crippen molar-refractivity contribution in [1.82, 2.24) is 10.3 Å². The summed E-state index contributed by atoms with van der Waals surface area (Å²) >= 11 is 0. The number of benzene rings is 1. The van der Waals surface area contributed by atoms with Crippen LogP contribution in [0.15, 0.2) is 52.9 Å². The summed E-state index contributed by atoms with van der Waals surface area (Å²) in [5.74, 6) is -0.995. The minimum atomic E-state index is -0.817. The number of pyridine rings is 1. The number of hydrogen-bond donors (Lipinski definition) is 2. The number of rotatable bonds is 5. The predicted molar refractivity (Wildman–Crippen MR) is 89.3 cm³/mol. The number of aryl methyl sites for hydroxylation is 1. The lowest BCUT2D eigenvalue weighted by Crippen LogP contribution is -2.45. The molecule has 0 aliphatic carbocycles. The Morgan fingerprint density at radius 3 is 2.67 bits per heavy atom. The van der Waals surface area contributed by atoms with Gasteiger partial charge in [-0.1, -0.05) is 30.3 Å². The highest BCUT2D eigenvalue weighted by Crippen LogP contribution is 2.18. The molecule has 2 heterocycles. The van der Waals surface area contributed by atoms with E-state index in [0.29, 0.717) is 17.5 Å². The second-order valence-corrected chi connectivity index (χ2v) is 5.56. The van der Waals surface area contributed by atoms with E-state index in [1.54, 1.807) is 18.2 Å². The largest absolute Gasteiger partial charge is 0.449 e. The van der Waals surface area contributed by atoms with E-state index < -0.39 is 17.9 Å². The zero-order valence-electron chi connectivity index (χ0n) is 13.2. The molecule has 2 aromatic heterocycles. The van der Waals surface area contributed by atoms with Crippen molar-refractivity contribution in [2.75, 3.05) is 0 Å². The zero-order chi connectivity index (χ0) is 17.1. The number of nitrogens with two attached hydrogens (primary N) is 1. The minimum Gasteiger partial charge on any atom is -0.449 e. The summed E-state index contributed by atoms with van der Waals surface area (Å²) in [7, 11) is 0. The second-order valence-electron chi connectivity index (χ2n) is 5.56. The highest BCUT2D eigenvalue weighted by molar-refractivity contribution is 5.97. The molecule has 0 bridgehead atoms. The van der Waals surface area contributed by atoms with Crippen LogP contribution >= 0.6 is 0 Å². The van der Waals surface area contributed by atoms with E-state index in [0.717, 1.165) is 11.3 Å². The fraction of sp³-hybridized carbons (Fsp3) is 0.167. The Labute approximate surface area is 138 Å². The van der Waals surface area contributed by atoms with Crippen LogP contribution in [0.25, 0.3) is 11.1 Å². The molecule has 122 valence electrons. The van der Waals surface area contributed by atoms with Gasteiger partial charge in [0.1, 0.15) is 11.6 Å². The van der Waals surface area contributed by atoms with Crippen molar-refractivity contribution >= 4 is 22.9 Å². The van der Waals surface area contributed by atoms with Crippen LogP contribution in [0.4, 0.5) is 0 Å². The molecule has 3 aromatic rings. The van der Waals surface area contributed by atoms with Crippen LogP contribution in [0.1, 0.15) is 21.8 Å². The molecule has 0 aliphatic heterocycles. The molecule has 3 rings (SSSR count). The number of nitrogens with one attached hydrogen (secondary N) is 1. The van der Waals surface area contributed by atoms with Gasteiger partial charge in [-0.15, -0.1) is 0 Å². The van der Waals surface area contributed by atoms with Crippen LogP contribution in [0.2, 0.25) is 0 Å². The smallest absolute Gasteiger partial charge is 0.287 e. The molecule has 0 saturated heterocycles. The van der Waals surface area contributed by atoms with E-state index in [1.165, 1.54) is 0 Å². The van der Waals surface area contributed by atoms with Crippen LogP contribution < -0.4 is 11.1 Å². The Hall–Kier alpha value is -3.15. The molecule has 6 heteroatoms. The maximum absolute atomic E-state index is 12.4. The van der Waals surface area contributed by atoms with Gasteiger partial charge in [-0.05, 0) is 24.6 Å². The number of furan rings is 1. The summed E-state index contributed by atoms with van der Waals surface area (Å²) in [6.07, 6.45) is 0.319. The number of aromatic nitrogens is 1. The van der Waals surface area contributed by atoms with Gasteiger partial charge in [0.05, 0.1) is 0 Å². The number of amides is 2. The number of primary amides is 1. The summed E-state index contributed by atoms with van der Waals surface area (Å²) in [6.45, 7) is 1.86. The summed E-state index contributed by atoms with van der Waals surface area (Å²) < 4.78 is 5.49. The normalized spacial score (nSPS) is 12.0. The van der Waals surface area contributed by atoms with Crippen LogP contribution in [-0.4, -0.2) is 22.8 Å². The third kappa shape index (κ3) is 3.43. The first-order valence-corrected chi connectivity index (χ1v) is 7.54.